The second-order valence-corrected chi connectivity index (χ2v) is 4.63. The smallest absolute Gasteiger partial charge is 0.139 e. The lowest BCUT2D eigenvalue weighted by molar-refractivity contribution is 0.263. The van der Waals surface area contributed by atoms with Crippen molar-refractivity contribution < 1.29 is 9.47 Å². The fourth-order valence-electron chi connectivity index (χ4n) is 2.63. The molecule has 0 amide bonds. The molecular weight excluding hydrogens is 224 g/mol. The van der Waals surface area contributed by atoms with Crippen molar-refractivity contribution in [3.05, 3.63) is 59.7 Å². The summed E-state index contributed by atoms with van der Waals surface area (Å²) in [4.78, 5) is 0. The van der Waals surface area contributed by atoms with Crippen LogP contribution in [0.15, 0.2) is 48.5 Å². The van der Waals surface area contributed by atoms with Crippen molar-refractivity contribution >= 4 is 5.57 Å². The Balaban J connectivity index is 2.05. The number of hydrogen-bond acceptors (Lipinski definition) is 2. The van der Waals surface area contributed by atoms with Crippen molar-refractivity contribution in [3.8, 4) is 17.2 Å². The lowest BCUT2D eigenvalue weighted by atomic mass is 9.90. The molecule has 0 spiro atoms. The number of rotatable bonds is 0. The Morgan fingerprint density at radius 1 is 0.889 bits per heavy atom. The summed E-state index contributed by atoms with van der Waals surface area (Å²) in [6.07, 6.45) is 2.25. The zero-order valence-corrected chi connectivity index (χ0v) is 10.0. The van der Waals surface area contributed by atoms with Gasteiger partial charge in [-0.25, -0.2) is 0 Å². The summed E-state index contributed by atoms with van der Waals surface area (Å²) >= 11 is 0. The van der Waals surface area contributed by atoms with Crippen LogP contribution in [-0.2, 0) is 0 Å². The summed E-state index contributed by atoms with van der Waals surface area (Å²) < 4.78 is 11.8. The Bertz CT molecular complexity index is 671. The van der Waals surface area contributed by atoms with Gasteiger partial charge in [0.05, 0.1) is 5.56 Å². The third-order valence-electron chi connectivity index (χ3n) is 3.37. The largest absolute Gasteiger partial charge is 0.486 e. The van der Waals surface area contributed by atoms with Gasteiger partial charge in [0.1, 0.15) is 23.4 Å². The van der Waals surface area contributed by atoms with Crippen molar-refractivity contribution in [2.24, 2.45) is 0 Å². The van der Waals surface area contributed by atoms with E-state index in [2.05, 4.69) is 19.1 Å². The second kappa shape index (κ2) is 3.39. The summed E-state index contributed by atoms with van der Waals surface area (Å²) in [5.41, 5.74) is 3.45. The Kier molecular flexibility index (Phi) is 1.84. The molecule has 2 nitrogen and oxygen atoms in total. The summed E-state index contributed by atoms with van der Waals surface area (Å²) in [6.45, 7) is 2.06. The highest BCUT2D eigenvalue weighted by Gasteiger charge is 2.28. The standard InChI is InChI=1S/C16H12O2/c1-10-9-12-11-5-2-3-6-13(11)18-15-8-4-7-14(17-10)16(12)15/h2-10H,1H3. The molecule has 1 unspecified atom stereocenters. The van der Waals surface area contributed by atoms with Gasteiger partial charge in [0.2, 0.25) is 0 Å². The summed E-state index contributed by atoms with van der Waals surface area (Å²) in [5.74, 6) is 2.71. The average Bonchev–Trinajstić information content (AvgIpc) is 2.38. The van der Waals surface area contributed by atoms with Crippen molar-refractivity contribution in [2.45, 2.75) is 13.0 Å². The lowest BCUT2D eigenvalue weighted by Gasteiger charge is -2.29. The first-order valence-electron chi connectivity index (χ1n) is 6.12. The Morgan fingerprint density at radius 3 is 2.61 bits per heavy atom. The molecule has 2 aliphatic heterocycles. The molecule has 0 saturated carbocycles. The molecule has 0 N–H and O–H groups in total. The van der Waals surface area contributed by atoms with Crippen molar-refractivity contribution in [2.75, 3.05) is 0 Å². The topological polar surface area (TPSA) is 18.5 Å². The summed E-state index contributed by atoms with van der Waals surface area (Å²) in [7, 11) is 0. The van der Waals surface area contributed by atoms with Gasteiger partial charge in [-0.3, -0.25) is 0 Å². The Labute approximate surface area is 105 Å². The van der Waals surface area contributed by atoms with E-state index < -0.39 is 0 Å². The fraction of sp³-hybridized carbons (Fsp3) is 0.125. The molecule has 1 atom stereocenters. The van der Waals surface area contributed by atoms with Gasteiger partial charge in [-0.15, -0.1) is 0 Å². The van der Waals surface area contributed by atoms with E-state index in [1.54, 1.807) is 0 Å². The molecule has 4 rings (SSSR count). The van der Waals surface area contributed by atoms with E-state index in [4.69, 9.17) is 9.47 Å². The maximum absolute atomic E-state index is 5.94. The molecule has 18 heavy (non-hydrogen) atoms. The molecule has 88 valence electrons. The first-order chi connectivity index (χ1) is 8.83. The van der Waals surface area contributed by atoms with Crippen molar-refractivity contribution in [1.82, 2.24) is 0 Å². The first kappa shape index (κ1) is 9.77. The molecule has 0 bridgehead atoms. The van der Waals surface area contributed by atoms with E-state index in [-0.39, 0.29) is 6.10 Å². The number of fused-ring (bicyclic) bond motifs is 2. The average molecular weight is 236 g/mol. The molecule has 2 aromatic carbocycles. The quantitative estimate of drug-likeness (QED) is 0.587. The van der Waals surface area contributed by atoms with Crippen LogP contribution in [0.4, 0.5) is 0 Å². The van der Waals surface area contributed by atoms with Crippen molar-refractivity contribution in [3.63, 3.8) is 0 Å². The molecule has 2 heterocycles. The zero-order valence-electron chi connectivity index (χ0n) is 10.0. The molecule has 0 saturated heterocycles. The zero-order chi connectivity index (χ0) is 12.1. The predicted octanol–water partition coefficient (Wildman–Crippen LogP) is 4.00. The van der Waals surface area contributed by atoms with E-state index >= 15 is 0 Å². The fourth-order valence-corrected chi connectivity index (χ4v) is 2.63. The van der Waals surface area contributed by atoms with Gasteiger partial charge in [-0.1, -0.05) is 24.3 Å². The van der Waals surface area contributed by atoms with Crippen LogP contribution in [0, 0.1) is 0 Å². The lowest BCUT2D eigenvalue weighted by Crippen LogP contribution is -2.17. The second-order valence-electron chi connectivity index (χ2n) is 4.63. The maximum atomic E-state index is 5.94. The highest BCUT2D eigenvalue weighted by molar-refractivity contribution is 5.91. The molecule has 2 aliphatic rings. The van der Waals surface area contributed by atoms with Crippen LogP contribution >= 0.6 is 0 Å². The third kappa shape index (κ3) is 1.23. The molecule has 2 aromatic rings. The van der Waals surface area contributed by atoms with Crippen LogP contribution in [0.1, 0.15) is 18.1 Å². The van der Waals surface area contributed by atoms with E-state index in [0.29, 0.717) is 0 Å². The minimum Gasteiger partial charge on any atom is -0.486 e. The van der Waals surface area contributed by atoms with Crippen LogP contribution in [0.3, 0.4) is 0 Å². The summed E-state index contributed by atoms with van der Waals surface area (Å²) in [6, 6.07) is 14.1. The molecule has 0 fully saturated rings. The minimum atomic E-state index is 0.0916. The Hall–Kier alpha value is -2.22. The van der Waals surface area contributed by atoms with E-state index in [9.17, 15) is 0 Å². The molecule has 2 heteroatoms. The minimum absolute atomic E-state index is 0.0916. The SMILES string of the molecule is CC1C=C2c3ccccc3Oc3cccc(c32)O1. The van der Waals surface area contributed by atoms with Gasteiger partial charge in [0.25, 0.3) is 0 Å². The maximum Gasteiger partial charge on any atom is 0.139 e. The van der Waals surface area contributed by atoms with Gasteiger partial charge >= 0.3 is 0 Å². The van der Waals surface area contributed by atoms with Crippen LogP contribution in [-0.4, -0.2) is 6.10 Å². The normalized spacial score (nSPS) is 18.9. The highest BCUT2D eigenvalue weighted by atomic mass is 16.5. The van der Waals surface area contributed by atoms with Crippen LogP contribution < -0.4 is 9.47 Å². The molecule has 0 radical (unpaired) electrons. The molecule has 0 aromatic heterocycles. The van der Waals surface area contributed by atoms with Gasteiger partial charge in [-0.05, 0) is 36.8 Å². The molecular formula is C16H12O2. The van der Waals surface area contributed by atoms with Gasteiger partial charge in [0, 0.05) is 5.56 Å². The van der Waals surface area contributed by atoms with Crippen LogP contribution in [0.5, 0.6) is 17.2 Å². The number of benzene rings is 2. The van der Waals surface area contributed by atoms with Gasteiger partial charge in [0.15, 0.2) is 0 Å². The predicted molar refractivity (Wildman–Crippen MR) is 70.1 cm³/mol. The van der Waals surface area contributed by atoms with E-state index in [0.717, 1.165) is 28.4 Å². The first-order valence-corrected chi connectivity index (χ1v) is 6.12. The van der Waals surface area contributed by atoms with Gasteiger partial charge in [-0.2, -0.15) is 0 Å². The Morgan fingerprint density at radius 2 is 1.67 bits per heavy atom. The van der Waals surface area contributed by atoms with E-state index in [1.807, 2.05) is 36.4 Å². The monoisotopic (exact) mass is 236 g/mol. The highest BCUT2D eigenvalue weighted by Crippen LogP contribution is 2.49. The van der Waals surface area contributed by atoms with E-state index in [1.165, 1.54) is 5.57 Å². The van der Waals surface area contributed by atoms with Crippen LogP contribution in [0.2, 0.25) is 0 Å². The number of ether oxygens (including phenoxy) is 2. The number of para-hydroxylation sites is 1. The van der Waals surface area contributed by atoms with Crippen LogP contribution in [0.25, 0.3) is 5.57 Å². The third-order valence-corrected chi connectivity index (χ3v) is 3.37. The van der Waals surface area contributed by atoms with Gasteiger partial charge < -0.3 is 9.47 Å². The summed E-state index contributed by atoms with van der Waals surface area (Å²) in [5, 5.41) is 0. The molecule has 0 aliphatic carbocycles. The van der Waals surface area contributed by atoms with Crippen molar-refractivity contribution in [1.29, 1.82) is 0 Å². The number of hydrogen-bond donors (Lipinski definition) is 0.